The standard InChI is InChI=1S/C9H16N2O5/c1-6-4-11(2-3-16-6)9(15)10-7(5-12)8(13)14/h6-7,12H,2-5H2,1H3,(H,10,15)(H,13,14)/t6?,7-/m1/s1. The van der Waals surface area contributed by atoms with Gasteiger partial charge in [-0.2, -0.15) is 0 Å². The van der Waals surface area contributed by atoms with Crippen molar-refractivity contribution in [1.82, 2.24) is 10.2 Å². The summed E-state index contributed by atoms with van der Waals surface area (Å²) in [7, 11) is 0. The Kier molecular flexibility index (Phi) is 4.51. The van der Waals surface area contributed by atoms with Gasteiger partial charge >= 0.3 is 12.0 Å². The molecule has 7 nitrogen and oxygen atoms in total. The molecule has 1 aliphatic rings. The van der Waals surface area contributed by atoms with Gasteiger partial charge in [-0.25, -0.2) is 9.59 Å². The predicted molar refractivity (Wildman–Crippen MR) is 54.0 cm³/mol. The summed E-state index contributed by atoms with van der Waals surface area (Å²) in [6.07, 6.45) is -0.0584. The number of urea groups is 1. The van der Waals surface area contributed by atoms with Gasteiger partial charge in [0.15, 0.2) is 6.04 Å². The smallest absolute Gasteiger partial charge is 0.328 e. The number of aliphatic hydroxyl groups excluding tert-OH is 1. The van der Waals surface area contributed by atoms with Crippen molar-refractivity contribution >= 4 is 12.0 Å². The second-order valence-corrected chi connectivity index (χ2v) is 3.65. The van der Waals surface area contributed by atoms with E-state index >= 15 is 0 Å². The SMILES string of the molecule is CC1CN(C(=O)N[C@H](CO)C(=O)O)CCO1. The lowest BCUT2D eigenvalue weighted by atomic mass is 10.3. The molecule has 1 aliphatic heterocycles. The largest absolute Gasteiger partial charge is 0.480 e. The molecular weight excluding hydrogens is 216 g/mol. The molecule has 1 heterocycles. The van der Waals surface area contributed by atoms with Crippen molar-refractivity contribution in [3.8, 4) is 0 Å². The summed E-state index contributed by atoms with van der Waals surface area (Å²) >= 11 is 0. The van der Waals surface area contributed by atoms with E-state index in [9.17, 15) is 9.59 Å². The molecule has 16 heavy (non-hydrogen) atoms. The highest BCUT2D eigenvalue weighted by Gasteiger charge is 2.25. The molecule has 1 unspecified atom stereocenters. The Balaban J connectivity index is 2.47. The van der Waals surface area contributed by atoms with E-state index in [0.717, 1.165) is 0 Å². The van der Waals surface area contributed by atoms with E-state index in [-0.39, 0.29) is 6.10 Å². The van der Waals surface area contributed by atoms with Crippen LogP contribution in [0.2, 0.25) is 0 Å². The maximum Gasteiger partial charge on any atom is 0.328 e. The number of ether oxygens (including phenoxy) is 1. The normalized spacial score (nSPS) is 22.6. The van der Waals surface area contributed by atoms with Gasteiger partial charge in [-0.15, -0.1) is 0 Å². The first-order chi connectivity index (χ1) is 7.54. The highest BCUT2D eigenvalue weighted by atomic mass is 16.5. The molecular formula is C9H16N2O5. The van der Waals surface area contributed by atoms with Crippen LogP contribution in [0.4, 0.5) is 4.79 Å². The fraction of sp³-hybridized carbons (Fsp3) is 0.778. The van der Waals surface area contributed by atoms with Gasteiger partial charge in [0, 0.05) is 13.1 Å². The fourth-order valence-corrected chi connectivity index (χ4v) is 1.43. The minimum absolute atomic E-state index is 0.0584. The zero-order valence-corrected chi connectivity index (χ0v) is 9.05. The molecule has 0 aromatic carbocycles. The zero-order valence-electron chi connectivity index (χ0n) is 9.05. The number of carbonyl (C=O) groups is 2. The van der Waals surface area contributed by atoms with Gasteiger partial charge in [-0.1, -0.05) is 0 Å². The number of amides is 2. The number of hydrogen-bond acceptors (Lipinski definition) is 4. The molecule has 0 aromatic heterocycles. The number of nitrogens with one attached hydrogen (secondary N) is 1. The van der Waals surface area contributed by atoms with Crippen molar-refractivity contribution < 1.29 is 24.5 Å². The second kappa shape index (κ2) is 5.66. The maximum atomic E-state index is 11.6. The molecule has 92 valence electrons. The lowest BCUT2D eigenvalue weighted by Crippen LogP contribution is -2.53. The van der Waals surface area contributed by atoms with E-state index in [1.54, 1.807) is 0 Å². The van der Waals surface area contributed by atoms with E-state index in [4.69, 9.17) is 14.9 Å². The molecule has 2 atom stereocenters. The lowest BCUT2D eigenvalue weighted by Gasteiger charge is -2.31. The quantitative estimate of drug-likeness (QED) is 0.571. The van der Waals surface area contributed by atoms with E-state index in [1.807, 2.05) is 6.92 Å². The Hall–Kier alpha value is -1.34. The van der Waals surface area contributed by atoms with Crippen molar-refractivity contribution in [2.75, 3.05) is 26.3 Å². The van der Waals surface area contributed by atoms with Gasteiger partial charge < -0.3 is 25.2 Å². The lowest BCUT2D eigenvalue weighted by molar-refractivity contribution is -0.140. The Morgan fingerprint density at radius 1 is 1.62 bits per heavy atom. The summed E-state index contributed by atoms with van der Waals surface area (Å²) in [4.78, 5) is 23.7. The summed E-state index contributed by atoms with van der Waals surface area (Å²) in [6, 6.07) is -1.75. The van der Waals surface area contributed by atoms with E-state index < -0.39 is 24.6 Å². The van der Waals surface area contributed by atoms with Gasteiger partial charge in [0.1, 0.15) is 0 Å². The molecule has 0 radical (unpaired) electrons. The van der Waals surface area contributed by atoms with Crippen LogP contribution in [0.1, 0.15) is 6.92 Å². The van der Waals surface area contributed by atoms with Crippen LogP contribution in [0.25, 0.3) is 0 Å². The summed E-state index contributed by atoms with van der Waals surface area (Å²) in [5, 5.41) is 19.6. The Morgan fingerprint density at radius 3 is 2.81 bits per heavy atom. The molecule has 0 spiro atoms. The van der Waals surface area contributed by atoms with Gasteiger partial charge in [-0.3, -0.25) is 0 Å². The first kappa shape index (κ1) is 12.7. The van der Waals surface area contributed by atoms with Crippen LogP contribution in [0.3, 0.4) is 0 Å². The van der Waals surface area contributed by atoms with Gasteiger partial charge in [0.05, 0.1) is 19.3 Å². The van der Waals surface area contributed by atoms with Crippen molar-refractivity contribution in [2.45, 2.75) is 19.1 Å². The highest BCUT2D eigenvalue weighted by molar-refractivity contribution is 5.82. The first-order valence-corrected chi connectivity index (χ1v) is 5.05. The van der Waals surface area contributed by atoms with Gasteiger partial charge in [0.2, 0.25) is 0 Å². The van der Waals surface area contributed by atoms with Crippen LogP contribution < -0.4 is 5.32 Å². The summed E-state index contributed by atoms with van der Waals surface area (Å²) < 4.78 is 5.25. The predicted octanol–water partition coefficient (Wildman–Crippen LogP) is -1.14. The fourth-order valence-electron chi connectivity index (χ4n) is 1.43. The Bertz CT molecular complexity index is 271. The minimum Gasteiger partial charge on any atom is -0.480 e. The van der Waals surface area contributed by atoms with Crippen LogP contribution in [0.15, 0.2) is 0 Å². The minimum atomic E-state index is -1.26. The number of carboxylic acid groups (broad SMARTS) is 1. The number of aliphatic hydroxyl groups is 1. The number of morpholine rings is 1. The third-order valence-electron chi connectivity index (χ3n) is 2.31. The molecule has 0 saturated carbocycles. The number of carbonyl (C=O) groups excluding carboxylic acids is 1. The molecule has 0 bridgehead atoms. The Morgan fingerprint density at radius 2 is 2.31 bits per heavy atom. The van der Waals surface area contributed by atoms with Gasteiger partial charge in [0.25, 0.3) is 0 Å². The highest BCUT2D eigenvalue weighted by Crippen LogP contribution is 2.04. The van der Waals surface area contributed by atoms with Crippen molar-refractivity contribution in [3.63, 3.8) is 0 Å². The number of rotatable bonds is 3. The third kappa shape index (κ3) is 3.35. The molecule has 0 aliphatic carbocycles. The number of aliphatic carboxylic acids is 1. The van der Waals surface area contributed by atoms with Crippen LogP contribution in [0, 0.1) is 0 Å². The second-order valence-electron chi connectivity index (χ2n) is 3.65. The molecule has 1 rings (SSSR count). The van der Waals surface area contributed by atoms with E-state index in [0.29, 0.717) is 19.7 Å². The molecule has 0 aromatic rings. The maximum absolute atomic E-state index is 11.6. The molecule has 7 heteroatoms. The van der Waals surface area contributed by atoms with Crippen LogP contribution in [-0.2, 0) is 9.53 Å². The third-order valence-corrected chi connectivity index (χ3v) is 2.31. The van der Waals surface area contributed by atoms with Crippen LogP contribution in [-0.4, -0.2) is 65.6 Å². The number of carboxylic acids is 1. The summed E-state index contributed by atoms with van der Waals surface area (Å²) in [5.74, 6) is -1.25. The van der Waals surface area contributed by atoms with Crippen LogP contribution >= 0.6 is 0 Å². The van der Waals surface area contributed by atoms with Crippen molar-refractivity contribution in [1.29, 1.82) is 0 Å². The van der Waals surface area contributed by atoms with Crippen molar-refractivity contribution in [3.05, 3.63) is 0 Å². The summed E-state index contributed by atoms with van der Waals surface area (Å²) in [6.45, 7) is 2.49. The van der Waals surface area contributed by atoms with E-state index in [1.165, 1.54) is 4.90 Å². The average Bonchev–Trinajstić information content (AvgIpc) is 2.25. The number of hydrogen-bond donors (Lipinski definition) is 3. The average molecular weight is 232 g/mol. The van der Waals surface area contributed by atoms with Gasteiger partial charge in [-0.05, 0) is 6.92 Å². The number of nitrogens with zero attached hydrogens (tertiary/aromatic N) is 1. The first-order valence-electron chi connectivity index (χ1n) is 5.05. The molecule has 1 saturated heterocycles. The monoisotopic (exact) mass is 232 g/mol. The topological polar surface area (TPSA) is 99.1 Å². The Labute approximate surface area is 93.0 Å². The molecule has 2 amide bonds. The molecule has 1 fully saturated rings. The van der Waals surface area contributed by atoms with Crippen molar-refractivity contribution in [2.24, 2.45) is 0 Å². The zero-order chi connectivity index (χ0) is 12.1. The molecule has 3 N–H and O–H groups in total. The van der Waals surface area contributed by atoms with Crippen LogP contribution in [0.5, 0.6) is 0 Å². The summed E-state index contributed by atoms with van der Waals surface area (Å²) in [5.41, 5.74) is 0. The van der Waals surface area contributed by atoms with E-state index in [2.05, 4.69) is 5.32 Å².